The molecule has 2 fully saturated rings. The molecule has 2 saturated heterocycles. The highest BCUT2D eigenvalue weighted by Gasteiger charge is 2.28. The van der Waals surface area contributed by atoms with Crippen molar-refractivity contribution in [2.45, 2.75) is 52.0 Å². The Balaban J connectivity index is 1.86. The summed E-state index contributed by atoms with van der Waals surface area (Å²) in [7, 11) is 0. The summed E-state index contributed by atoms with van der Waals surface area (Å²) >= 11 is 0. The Morgan fingerprint density at radius 2 is 2.05 bits per heavy atom. The SMILES string of the molecule is CCN(CC1CCCNC1)C(C)C(=O)N1CCCCC1. The second-order valence-corrected chi connectivity index (χ2v) is 6.36. The van der Waals surface area contributed by atoms with Crippen LogP contribution in [0.5, 0.6) is 0 Å². The van der Waals surface area contributed by atoms with E-state index in [1.165, 1.54) is 32.1 Å². The fraction of sp³-hybridized carbons (Fsp3) is 0.938. The fourth-order valence-corrected chi connectivity index (χ4v) is 3.51. The molecule has 0 saturated carbocycles. The molecule has 0 bridgehead atoms. The zero-order valence-electron chi connectivity index (χ0n) is 13.2. The lowest BCUT2D eigenvalue weighted by Gasteiger charge is -2.36. The van der Waals surface area contributed by atoms with Gasteiger partial charge in [-0.25, -0.2) is 0 Å². The summed E-state index contributed by atoms with van der Waals surface area (Å²) in [5.41, 5.74) is 0. The van der Waals surface area contributed by atoms with Crippen molar-refractivity contribution >= 4 is 5.91 Å². The van der Waals surface area contributed by atoms with E-state index in [9.17, 15) is 4.79 Å². The Kier molecular flexibility index (Phi) is 6.30. The predicted octanol–water partition coefficient (Wildman–Crippen LogP) is 1.71. The van der Waals surface area contributed by atoms with E-state index in [-0.39, 0.29) is 6.04 Å². The van der Waals surface area contributed by atoms with Crippen LogP contribution in [0, 0.1) is 5.92 Å². The molecule has 0 spiro atoms. The van der Waals surface area contributed by atoms with Crippen LogP contribution >= 0.6 is 0 Å². The number of piperidine rings is 2. The molecule has 0 aromatic carbocycles. The van der Waals surface area contributed by atoms with Crippen LogP contribution in [0.1, 0.15) is 46.0 Å². The number of hydrogen-bond acceptors (Lipinski definition) is 3. The van der Waals surface area contributed by atoms with Crippen LogP contribution in [0.3, 0.4) is 0 Å². The van der Waals surface area contributed by atoms with Crippen LogP contribution in [0.4, 0.5) is 0 Å². The van der Waals surface area contributed by atoms with Crippen LogP contribution in [0.2, 0.25) is 0 Å². The van der Waals surface area contributed by atoms with Gasteiger partial charge in [0.1, 0.15) is 0 Å². The summed E-state index contributed by atoms with van der Waals surface area (Å²) < 4.78 is 0. The van der Waals surface area contributed by atoms with Gasteiger partial charge in [0.05, 0.1) is 6.04 Å². The number of likely N-dealkylation sites (tertiary alicyclic amines) is 1. The zero-order chi connectivity index (χ0) is 14.4. The van der Waals surface area contributed by atoms with Gasteiger partial charge in [-0.05, 0) is 64.6 Å². The van der Waals surface area contributed by atoms with E-state index in [2.05, 4.69) is 29.0 Å². The van der Waals surface area contributed by atoms with Crippen LogP contribution in [-0.2, 0) is 4.79 Å². The fourth-order valence-electron chi connectivity index (χ4n) is 3.51. The quantitative estimate of drug-likeness (QED) is 0.833. The van der Waals surface area contributed by atoms with Crippen LogP contribution in [0.15, 0.2) is 0 Å². The first kappa shape index (κ1) is 15.8. The maximum absolute atomic E-state index is 12.6. The second-order valence-electron chi connectivity index (χ2n) is 6.36. The topological polar surface area (TPSA) is 35.6 Å². The van der Waals surface area contributed by atoms with E-state index >= 15 is 0 Å². The van der Waals surface area contributed by atoms with Gasteiger partial charge in [-0.1, -0.05) is 6.92 Å². The summed E-state index contributed by atoms with van der Waals surface area (Å²) in [6.45, 7) is 10.5. The molecule has 0 aromatic rings. The molecule has 2 rings (SSSR count). The van der Waals surface area contributed by atoms with E-state index in [1.54, 1.807) is 0 Å². The second kappa shape index (κ2) is 7.99. The third kappa shape index (κ3) is 4.19. The molecule has 2 atom stereocenters. The number of nitrogens with one attached hydrogen (secondary N) is 1. The van der Waals surface area contributed by atoms with Gasteiger partial charge >= 0.3 is 0 Å². The third-order valence-corrected chi connectivity index (χ3v) is 4.87. The van der Waals surface area contributed by atoms with Gasteiger partial charge in [-0.3, -0.25) is 9.69 Å². The first-order chi connectivity index (χ1) is 9.72. The van der Waals surface area contributed by atoms with Crippen molar-refractivity contribution in [3.8, 4) is 0 Å². The minimum atomic E-state index is 0.0417. The van der Waals surface area contributed by atoms with Crippen molar-refractivity contribution in [2.24, 2.45) is 5.92 Å². The van der Waals surface area contributed by atoms with E-state index in [4.69, 9.17) is 0 Å². The van der Waals surface area contributed by atoms with Crippen molar-refractivity contribution in [2.75, 3.05) is 39.3 Å². The van der Waals surface area contributed by atoms with E-state index in [0.29, 0.717) is 11.8 Å². The van der Waals surface area contributed by atoms with Gasteiger partial charge < -0.3 is 10.2 Å². The first-order valence-electron chi connectivity index (χ1n) is 8.46. The third-order valence-electron chi connectivity index (χ3n) is 4.87. The summed E-state index contributed by atoms with van der Waals surface area (Å²) in [6, 6.07) is 0.0417. The summed E-state index contributed by atoms with van der Waals surface area (Å²) in [6.07, 6.45) is 6.21. The predicted molar refractivity (Wildman–Crippen MR) is 82.7 cm³/mol. The van der Waals surface area contributed by atoms with Gasteiger partial charge in [0, 0.05) is 19.6 Å². The average Bonchev–Trinajstić information content (AvgIpc) is 2.53. The summed E-state index contributed by atoms with van der Waals surface area (Å²) in [4.78, 5) is 17.1. The summed E-state index contributed by atoms with van der Waals surface area (Å²) in [5, 5.41) is 3.47. The molecular formula is C16H31N3O. The molecular weight excluding hydrogens is 250 g/mol. The highest BCUT2D eigenvalue weighted by molar-refractivity contribution is 5.81. The Labute approximate surface area is 123 Å². The molecule has 2 heterocycles. The lowest BCUT2D eigenvalue weighted by Crippen LogP contribution is -2.50. The highest BCUT2D eigenvalue weighted by Crippen LogP contribution is 2.16. The molecule has 2 aliphatic rings. The van der Waals surface area contributed by atoms with Gasteiger partial charge in [0.2, 0.25) is 5.91 Å². The summed E-state index contributed by atoms with van der Waals surface area (Å²) in [5.74, 6) is 1.05. The Hall–Kier alpha value is -0.610. The van der Waals surface area contributed by atoms with Crippen LogP contribution in [0.25, 0.3) is 0 Å². The van der Waals surface area contributed by atoms with Gasteiger partial charge in [0.25, 0.3) is 0 Å². The lowest BCUT2D eigenvalue weighted by atomic mass is 9.98. The number of nitrogens with zero attached hydrogens (tertiary/aromatic N) is 2. The van der Waals surface area contributed by atoms with Crippen molar-refractivity contribution in [1.29, 1.82) is 0 Å². The molecule has 116 valence electrons. The minimum Gasteiger partial charge on any atom is -0.341 e. The van der Waals surface area contributed by atoms with Gasteiger partial charge in [0.15, 0.2) is 0 Å². The Bertz CT molecular complexity index is 296. The lowest BCUT2D eigenvalue weighted by molar-refractivity contribution is -0.137. The highest BCUT2D eigenvalue weighted by atomic mass is 16.2. The van der Waals surface area contributed by atoms with Crippen LogP contribution < -0.4 is 5.32 Å². The number of hydrogen-bond donors (Lipinski definition) is 1. The minimum absolute atomic E-state index is 0.0417. The molecule has 1 amide bonds. The average molecular weight is 281 g/mol. The van der Waals surface area contributed by atoms with E-state index in [1.807, 2.05) is 0 Å². The van der Waals surface area contributed by atoms with Crippen molar-refractivity contribution in [3.63, 3.8) is 0 Å². The Morgan fingerprint density at radius 3 is 2.65 bits per heavy atom. The normalized spacial score (nSPS) is 25.8. The van der Waals surface area contributed by atoms with Crippen LogP contribution in [-0.4, -0.2) is 61.0 Å². The van der Waals surface area contributed by atoms with Crippen molar-refractivity contribution in [3.05, 3.63) is 0 Å². The number of rotatable bonds is 5. The van der Waals surface area contributed by atoms with E-state index in [0.717, 1.165) is 39.3 Å². The van der Waals surface area contributed by atoms with E-state index < -0.39 is 0 Å². The number of carbonyl (C=O) groups excluding carboxylic acids is 1. The van der Waals surface area contributed by atoms with Crippen molar-refractivity contribution in [1.82, 2.24) is 15.1 Å². The van der Waals surface area contributed by atoms with Gasteiger partial charge in [-0.15, -0.1) is 0 Å². The molecule has 0 aromatic heterocycles. The maximum Gasteiger partial charge on any atom is 0.239 e. The maximum atomic E-state index is 12.6. The molecule has 2 unspecified atom stereocenters. The molecule has 2 aliphatic heterocycles. The first-order valence-corrected chi connectivity index (χ1v) is 8.46. The van der Waals surface area contributed by atoms with Gasteiger partial charge in [-0.2, -0.15) is 0 Å². The molecule has 20 heavy (non-hydrogen) atoms. The number of likely N-dealkylation sites (N-methyl/N-ethyl adjacent to an activating group) is 1. The number of amides is 1. The molecule has 4 nitrogen and oxygen atoms in total. The molecule has 4 heteroatoms. The monoisotopic (exact) mass is 281 g/mol. The molecule has 0 radical (unpaired) electrons. The van der Waals surface area contributed by atoms with Crippen molar-refractivity contribution < 1.29 is 4.79 Å². The molecule has 1 N–H and O–H groups in total. The smallest absolute Gasteiger partial charge is 0.239 e. The molecule has 0 aliphatic carbocycles. The zero-order valence-corrected chi connectivity index (χ0v) is 13.2. The number of carbonyl (C=O) groups is 1. The standard InChI is InChI=1S/C16H31N3O/c1-3-18(13-15-8-7-9-17-12-15)14(2)16(20)19-10-5-4-6-11-19/h14-15,17H,3-13H2,1-2H3. The largest absolute Gasteiger partial charge is 0.341 e. The Morgan fingerprint density at radius 1 is 1.30 bits per heavy atom.